The second kappa shape index (κ2) is 9.04. The minimum Gasteiger partial charge on any atom is -0.350 e. The number of benzene rings is 4. The van der Waals surface area contributed by atoms with Gasteiger partial charge in [0.1, 0.15) is 16.5 Å². The topological polar surface area (TPSA) is 78.5 Å². The SMILES string of the molecule is O=C(Nc1cccc2ccccc12)c1cccc(NC2=C(Cl)C(=O)N(c3ccc(F)cc3)C2=O)c1. The lowest BCUT2D eigenvalue weighted by Crippen LogP contribution is -2.32. The molecule has 4 aromatic rings. The first kappa shape index (κ1) is 22.3. The molecule has 1 aliphatic heterocycles. The molecule has 0 radical (unpaired) electrons. The van der Waals surface area contributed by atoms with E-state index in [1.54, 1.807) is 24.3 Å². The summed E-state index contributed by atoms with van der Waals surface area (Å²) < 4.78 is 13.3. The van der Waals surface area contributed by atoms with Gasteiger partial charge in [-0.1, -0.05) is 54.1 Å². The van der Waals surface area contributed by atoms with Crippen LogP contribution in [0.15, 0.2) is 102 Å². The number of halogens is 2. The normalized spacial score (nSPS) is 13.5. The van der Waals surface area contributed by atoms with E-state index in [1.165, 1.54) is 12.1 Å². The Morgan fingerprint density at radius 2 is 1.54 bits per heavy atom. The zero-order valence-corrected chi connectivity index (χ0v) is 18.8. The van der Waals surface area contributed by atoms with Crippen LogP contribution in [-0.2, 0) is 9.59 Å². The molecular formula is C27H17ClFN3O3. The van der Waals surface area contributed by atoms with Crippen LogP contribution in [0, 0.1) is 5.82 Å². The summed E-state index contributed by atoms with van der Waals surface area (Å²) in [5.41, 5.74) is 1.47. The molecule has 172 valence electrons. The third kappa shape index (κ3) is 4.25. The van der Waals surface area contributed by atoms with Gasteiger partial charge >= 0.3 is 0 Å². The summed E-state index contributed by atoms with van der Waals surface area (Å²) in [6, 6.07) is 24.7. The van der Waals surface area contributed by atoms with Crippen molar-refractivity contribution >= 4 is 57.2 Å². The van der Waals surface area contributed by atoms with Gasteiger partial charge < -0.3 is 10.6 Å². The fourth-order valence-corrected chi connectivity index (χ4v) is 4.06. The number of hydrogen-bond acceptors (Lipinski definition) is 4. The Bertz CT molecular complexity index is 1530. The second-order valence-corrected chi connectivity index (χ2v) is 8.18. The Morgan fingerprint density at radius 1 is 0.829 bits per heavy atom. The Balaban J connectivity index is 1.37. The van der Waals surface area contributed by atoms with E-state index in [-0.39, 0.29) is 22.3 Å². The molecule has 0 aromatic heterocycles. The van der Waals surface area contributed by atoms with Crippen LogP contribution in [0.4, 0.5) is 21.5 Å². The number of fused-ring (bicyclic) bond motifs is 1. The third-order valence-corrected chi connectivity index (χ3v) is 5.89. The Labute approximate surface area is 204 Å². The summed E-state index contributed by atoms with van der Waals surface area (Å²) >= 11 is 6.17. The van der Waals surface area contributed by atoms with Crippen molar-refractivity contribution in [1.82, 2.24) is 0 Å². The van der Waals surface area contributed by atoms with Gasteiger partial charge in [0.25, 0.3) is 17.7 Å². The second-order valence-electron chi connectivity index (χ2n) is 7.80. The van der Waals surface area contributed by atoms with Crippen molar-refractivity contribution in [3.63, 3.8) is 0 Å². The number of imide groups is 1. The van der Waals surface area contributed by atoms with Gasteiger partial charge in [-0.25, -0.2) is 9.29 Å². The van der Waals surface area contributed by atoms with Gasteiger partial charge in [0.2, 0.25) is 0 Å². The van der Waals surface area contributed by atoms with Crippen LogP contribution in [0.5, 0.6) is 0 Å². The highest BCUT2D eigenvalue weighted by atomic mass is 35.5. The summed E-state index contributed by atoms with van der Waals surface area (Å²) in [6.45, 7) is 0. The highest BCUT2D eigenvalue weighted by Gasteiger charge is 2.39. The number of nitrogens with one attached hydrogen (secondary N) is 2. The Kier molecular flexibility index (Phi) is 5.76. The van der Waals surface area contributed by atoms with Gasteiger partial charge in [-0.3, -0.25) is 14.4 Å². The molecule has 6 nitrogen and oxygen atoms in total. The van der Waals surface area contributed by atoms with Crippen LogP contribution >= 0.6 is 11.6 Å². The van der Waals surface area contributed by atoms with E-state index in [2.05, 4.69) is 10.6 Å². The lowest BCUT2D eigenvalue weighted by molar-refractivity contribution is -0.120. The van der Waals surface area contributed by atoms with Crippen LogP contribution in [0.1, 0.15) is 10.4 Å². The molecule has 0 fully saturated rings. The van der Waals surface area contributed by atoms with Crippen molar-refractivity contribution in [2.45, 2.75) is 0 Å². The molecule has 0 spiro atoms. The summed E-state index contributed by atoms with van der Waals surface area (Å²) in [6.07, 6.45) is 0. The van der Waals surface area contributed by atoms with Gasteiger partial charge in [-0.15, -0.1) is 0 Å². The molecule has 0 saturated heterocycles. The van der Waals surface area contributed by atoms with E-state index in [0.29, 0.717) is 16.9 Å². The van der Waals surface area contributed by atoms with Crippen LogP contribution < -0.4 is 15.5 Å². The summed E-state index contributed by atoms with van der Waals surface area (Å²) in [5.74, 6) is -2.25. The molecule has 5 rings (SSSR count). The fourth-order valence-electron chi connectivity index (χ4n) is 3.85. The van der Waals surface area contributed by atoms with Crippen LogP contribution in [0.3, 0.4) is 0 Å². The highest BCUT2D eigenvalue weighted by molar-refractivity contribution is 6.53. The van der Waals surface area contributed by atoms with Gasteiger partial charge in [-0.2, -0.15) is 0 Å². The molecule has 1 heterocycles. The van der Waals surface area contributed by atoms with E-state index in [0.717, 1.165) is 27.8 Å². The number of carbonyl (C=O) groups excluding carboxylic acids is 3. The van der Waals surface area contributed by atoms with Crippen molar-refractivity contribution < 1.29 is 18.8 Å². The smallest absolute Gasteiger partial charge is 0.283 e. The minimum absolute atomic E-state index is 0.132. The van der Waals surface area contributed by atoms with E-state index in [1.807, 2.05) is 42.5 Å². The van der Waals surface area contributed by atoms with E-state index in [9.17, 15) is 18.8 Å². The number of anilines is 3. The quantitative estimate of drug-likeness (QED) is 0.357. The van der Waals surface area contributed by atoms with Crippen molar-refractivity contribution in [3.05, 3.63) is 113 Å². The minimum atomic E-state index is -0.726. The molecular weight excluding hydrogens is 469 g/mol. The molecule has 0 aliphatic carbocycles. The zero-order chi connectivity index (χ0) is 24.5. The molecule has 0 unspecified atom stereocenters. The van der Waals surface area contributed by atoms with Crippen molar-refractivity contribution in [1.29, 1.82) is 0 Å². The molecule has 0 saturated carbocycles. The molecule has 8 heteroatoms. The number of nitrogens with zero attached hydrogens (tertiary/aromatic N) is 1. The number of rotatable bonds is 5. The Hall–Kier alpha value is -4.49. The molecule has 3 amide bonds. The molecule has 0 bridgehead atoms. The first-order valence-electron chi connectivity index (χ1n) is 10.6. The maximum Gasteiger partial charge on any atom is 0.283 e. The lowest BCUT2D eigenvalue weighted by atomic mass is 10.1. The fraction of sp³-hybridized carbons (Fsp3) is 0. The molecule has 2 N–H and O–H groups in total. The third-order valence-electron chi connectivity index (χ3n) is 5.54. The molecule has 1 aliphatic rings. The van der Waals surface area contributed by atoms with Crippen LogP contribution in [0.25, 0.3) is 10.8 Å². The largest absolute Gasteiger partial charge is 0.350 e. The zero-order valence-electron chi connectivity index (χ0n) is 18.1. The van der Waals surface area contributed by atoms with Crippen molar-refractivity contribution in [2.75, 3.05) is 15.5 Å². The van der Waals surface area contributed by atoms with E-state index in [4.69, 9.17) is 11.6 Å². The molecule has 0 atom stereocenters. The average molecular weight is 486 g/mol. The maximum absolute atomic E-state index is 13.3. The van der Waals surface area contributed by atoms with Crippen LogP contribution in [-0.4, -0.2) is 17.7 Å². The predicted octanol–water partition coefficient (Wildman–Crippen LogP) is 5.67. The predicted molar refractivity (Wildman–Crippen MR) is 134 cm³/mol. The van der Waals surface area contributed by atoms with Crippen molar-refractivity contribution in [3.8, 4) is 0 Å². The number of carbonyl (C=O) groups is 3. The van der Waals surface area contributed by atoms with Gasteiger partial charge in [0, 0.05) is 22.3 Å². The van der Waals surface area contributed by atoms with Crippen molar-refractivity contribution in [2.24, 2.45) is 0 Å². The van der Waals surface area contributed by atoms with Gasteiger partial charge in [0.05, 0.1) is 5.69 Å². The lowest BCUT2D eigenvalue weighted by Gasteiger charge is -2.15. The first-order valence-corrected chi connectivity index (χ1v) is 11.0. The van der Waals surface area contributed by atoms with E-state index < -0.39 is 17.6 Å². The first-order chi connectivity index (χ1) is 16.9. The Morgan fingerprint density at radius 3 is 2.34 bits per heavy atom. The van der Waals surface area contributed by atoms with Gasteiger partial charge in [0.15, 0.2) is 0 Å². The number of hydrogen-bond donors (Lipinski definition) is 2. The monoisotopic (exact) mass is 485 g/mol. The maximum atomic E-state index is 13.3. The average Bonchev–Trinajstić information content (AvgIpc) is 3.08. The summed E-state index contributed by atoms with van der Waals surface area (Å²) in [4.78, 5) is 39.4. The van der Waals surface area contributed by atoms with Crippen LogP contribution in [0.2, 0.25) is 0 Å². The summed E-state index contributed by atoms with van der Waals surface area (Å²) in [7, 11) is 0. The highest BCUT2D eigenvalue weighted by Crippen LogP contribution is 2.30. The van der Waals surface area contributed by atoms with E-state index >= 15 is 0 Å². The molecule has 35 heavy (non-hydrogen) atoms. The van der Waals surface area contributed by atoms with Gasteiger partial charge in [-0.05, 0) is 53.9 Å². The number of amides is 3. The molecule has 4 aromatic carbocycles. The standard InChI is InChI=1S/C27H17ClFN3O3/c28-23-24(27(35)32(26(23)34)20-13-11-18(29)12-14-20)30-19-8-3-7-17(15-19)25(33)31-22-10-4-6-16-5-1-2-9-21(16)22/h1-15,30H,(H,31,33). The summed E-state index contributed by atoms with van der Waals surface area (Å²) in [5, 5.41) is 7.37.